The second kappa shape index (κ2) is 11.6. The molecule has 4 rings (SSSR count). The van der Waals surface area contributed by atoms with Gasteiger partial charge >= 0.3 is 11.6 Å². The van der Waals surface area contributed by atoms with Crippen molar-refractivity contribution in [2.45, 2.75) is 26.9 Å². The number of esters is 1. The highest BCUT2D eigenvalue weighted by Crippen LogP contribution is 2.31. The number of halogens is 1. The predicted octanol–water partition coefficient (Wildman–Crippen LogP) is 6.00. The number of hydrogen-bond acceptors (Lipinski definition) is 6. The van der Waals surface area contributed by atoms with Crippen LogP contribution in [0.4, 0.5) is 4.39 Å². The van der Waals surface area contributed by atoms with Gasteiger partial charge in [0.05, 0.1) is 19.3 Å². The summed E-state index contributed by atoms with van der Waals surface area (Å²) in [5, 5.41) is 0.708. The Balaban J connectivity index is 1.61. The fourth-order valence-electron chi connectivity index (χ4n) is 4.00. The third kappa shape index (κ3) is 6.06. The first-order valence-corrected chi connectivity index (χ1v) is 11.8. The molecule has 1 aromatic heterocycles. The average molecular weight is 503 g/mol. The summed E-state index contributed by atoms with van der Waals surface area (Å²) >= 11 is 0. The monoisotopic (exact) mass is 502 g/mol. The molecule has 0 amide bonds. The van der Waals surface area contributed by atoms with E-state index in [1.165, 1.54) is 18.2 Å². The maximum absolute atomic E-state index is 13.3. The van der Waals surface area contributed by atoms with Gasteiger partial charge in [0.15, 0.2) is 0 Å². The van der Waals surface area contributed by atoms with Crippen molar-refractivity contribution in [1.82, 2.24) is 0 Å². The van der Waals surface area contributed by atoms with Gasteiger partial charge in [-0.2, -0.15) is 0 Å². The molecule has 6 nitrogen and oxygen atoms in total. The lowest BCUT2D eigenvalue weighted by Gasteiger charge is -2.15. The van der Waals surface area contributed by atoms with Gasteiger partial charge in [-0.25, -0.2) is 14.0 Å². The van der Waals surface area contributed by atoms with Crippen LogP contribution in [0.5, 0.6) is 11.5 Å². The Hall–Kier alpha value is -4.39. The summed E-state index contributed by atoms with van der Waals surface area (Å²) in [7, 11) is 1.59. The first-order chi connectivity index (χ1) is 17.9. The van der Waals surface area contributed by atoms with E-state index in [0.717, 1.165) is 22.4 Å². The molecule has 0 aliphatic rings. The third-order valence-electron chi connectivity index (χ3n) is 6.00. The molecule has 4 aromatic rings. The lowest BCUT2D eigenvalue weighted by Crippen LogP contribution is -2.12. The number of rotatable bonds is 9. The van der Waals surface area contributed by atoms with Crippen molar-refractivity contribution in [3.63, 3.8) is 0 Å². The Morgan fingerprint density at radius 3 is 2.41 bits per heavy atom. The number of ether oxygens (including phenoxy) is 3. The molecule has 0 radical (unpaired) electrons. The summed E-state index contributed by atoms with van der Waals surface area (Å²) in [6, 6.07) is 16.8. The summed E-state index contributed by atoms with van der Waals surface area (Å²) in [6.45, 7) is 3.92. The lowest BCUT2D eigenvalue weighted by molar-refractivity contribution is -0.138. The van der Waals surface area contributed by atoms with Gasteiger partial charge in [-0.05, 0) is 73.0 Å². The van der Waals surface area contributed by atoms with E-state index in [1.54, 1.807) is 43.5 Å². The molecule has 0 unspecified atom stereocenters. The molecular weight excluding hydrogens is 475 g/mol. The fourth-order valence-corrected chi connectivity index (χ4v) is 4.00. The van der Waals surface area contributed by atoms with Crippen LogP contribution in [0.1, 0.15) is 34.7 Å². The molecule has 0 saturated carbocycles. The van der Waals surface area contributed by atoms with E-state index in [1.807, 2.05) is 32.0 Å². The van der Waals surface area contributed by atoms with Crippen molar-refractivity contribution in [2.24, 2.45) is 0 Å². The van der Waals surface area contributed by atoms with E-state index in [0.29, 0.717) is 40.9 Å². The first kappa shape index (κ1) is 25.7. The second-order valence-corrected chi connectivity index (χ2v) is 8.36. The molecule has 0 aliphatic carbocycles. The highest BCUT2D eigenvalue weighted by Gasteiger charge is 2.19. The molecule has 0 spiro atoms. The summed E-state index contributed by atoms with van der Waals surface area (Å²) < 4.78 is 35.4. The van der Waals surface area contributed by atoms with Crippen LogP contribution in [-0.4, -0.2) is 19.7 Å². The molecule has 3 aromatic carbocycles. The van der Waals surface area contributed by atoms with Crippen LogP contribution in [0.3, 0.4) is 0 Å². The molecule has 0 fully saturated rings. The third-order valence-corrected chi connectivity index (χ3v) is 6.00. The number of hydrogen-bond donors (Lipinski definition) is 0. The van der Waals surface area contributed by atoms with Gasteiger partial charge < -0.3 is 18.6 Å². The van der Waals surface area contributed by atoms with E-state index in [9.17, 15) is 14.0 Å². The van der Waals surface area contributed by atoms with Gasteiger partial charge in [0, 0.05) is 23.4 Å². The molecule has 0 bridgehead atoms. The molecular formula is C30H27FO6. The number of carbonyl (C=O) groups excluding carboxylic acids is 1. The van der Waals surface area contributed by atoms with Crippen LogP contribution >= 0.6 is 0 Å². The summed E-state index contributed by atoms with van der Waals surface area (Å²) in [5.41, 5.74) is 3.10. The summed E-state index contributed by atoms with van der Waals surface area (Å²) in [5.74, 6) is 0.294. The van der Waals surface area contributed by atoms with Crippen LogP contribution in [0.25, 0.3) is 17.0 Å². The molecule has 7 heteroatoms. The highest BCUT2D eigenvalue weighted by molar-refractivity contribution is 5.88. The van der Waals surface area contributed by atoms with Gasteiger partial charge in [-0.15, -0.1) is 0 Å². The zero-order chi connectivity index (χ0) is 26.4. The minimum atomic E-state index is -0.553. The van der Waals surface area contributed by atoms with E-state index in [2.05, 4.69) is 0 Å². The molecule has 0 N–H and O–H groups in total. The fraction of sp³-hybridized carbons (Fsp3) is 0.200. The Bertz CT molecular complexity index is 1480. The van der Waals surface area contributed by atoms with E-state index in [4.69, 9.17) is 18.6 Å². The minimum absolute atomic E-state index is 0.141. The van der Waals surface area contributed by atoms with E-state index < -0.39 is 11.6 Å². The van der Waals surface area contributed by atoms with Crippen molar-refractivity contribution in [3.05, 3.63) is 111 Å². The normalized spacial score (nSPS) is 11.1. The van der Waals surface area contributed by atoms with Crippen molar-refractivity contribution in [2.75, 3.05) is 13.7 Å². The molecule has 37 heavy (non-hydrogen) atoms. The van der Waals surface area contributed by atoms with Crippen molar-refractivity contribution < 1.29 is 27.8 Å². The van der Waals surface area contributed by atoms with Crippen LogP contribution in [0.15, 0.2) is 76.0 Å². The summed E-state index contributed by atoms with van der Waals surface area (Å²) in [4.78, 5) is 25.4. The van der Waals surface area contributed by atoms with Crippen LogP contribution in [0, 0.1) is 12.7 Å². The SMILES string of the molecule is CCOc1ccc2c(C)c(Cc3ccc(F)cc3)c(=O)oc2c1COC(=O)/C=C/c1ccc(OC)cc1. The molecule has 190 valence electrons. The number of carbonyl (C=O) groups is 1. The predicted molar refractivity (Wildman–Crippen MR) is 139 cm³/mol. The molecule has 1 heterocycles. The van der Waals surface area contributed by atoms with Gasteiger partial charge in [-0.3, -0.25) is 0 Å². The first-order valence-electron chi connectivity index (χ1n) is 11.8. The summed E-state index contributed by atoms with van der Waals surface area (Å²) in [6.07, 6.45) is 3.27. The smallest absolute Gasteiger partial charge is 0.340 e. The van der Waals surface area contributed by atoms with Crippen molar-refractivity contribution >= 4 is 23.0 Å². The molecule has 0 saturated heterocycles. The largest absolute Gasteiger partial charge is 0.497 e. The molecule has 0 aliphatic heterocycles. The van der Waals surface area contributed by atoms with Crippen LogP contribution in [-0.2, 0) is 22.6 Å². The zero-order valence-electron chi connectivity index (χ0n) is 20.9. The van der Waals surface area contributed by atoms with Gasteiger partial charge in [-0.1, -0.05) is 24.3 Å². The Morgan fingerprint density at radius 2 is 1.73 bits per heavy atom. The number of aryl methyl sites for hydroxylation is 1. The highest BCUT2D eigenvalue weighted by atomic mass is 19.1. The Morgan fingerprint density at radius 1 is 1.00 bits per heavy atom. The Labute approximate surface area is 213 Å². The maximum atomic E-state index is 13.3. The molecule has 0 atom stereocenters. The lowest BCUT2D eigenvalue weighted by atomic mass is 9.98. The average Bonchev–Trinajstić information content (AvgIpc) is 2.90. The maximum Gasteiger partial charge on any atom is 0.340 e. The second-order valence-electron chi connectivity index (χ2n) is 8.36. The number of benzene rings is 3. The van der Waals surface area contributed by atoms with Crippen LogP contribution < -0.4 is 15.1 Å². The zero-order valence-corrected chi connectivity index (χ0v) is 20.9. The van der Waals surface area contributed by atoms with Gasteiger partial charge in [0.2, 0.25) is 0 Å². The van der Waals surface area contributed by atoms with E-state index >= 15 is 0 Å². The van der Waals surface area contributed by atoms with Crippen molar-refractivity contribution in [1.29, 1.82) is 0 Å². The standard InChI is InChI=1S/C30H27FO6/c1-4-35-27-15-14-24-19(2)25(17-21-5-10-22(31)11-6-21)30(33)37-29(24)26(27)18-36-28(32)16-9-20-7-12-23(34-3)13-8-20/h5-16H,4,17-18H2,1-3H3/b16-9+. The Kier molecular flexibility index (Phi) is 8.03. The number of methoxy groups -OCH3 is 1. The number of fused-ring (bicyclic) bond motifs is 1. The van der Waals surface area contributed by atoms with Gasteiger partial charge in [0.1, 0.15) is 29.5 Å². The van der Waals surface area contributed by atoms with Gasteiger partial charge in [0.25, 0.3) is 0 Å². The van der Waals surface area contributed by atoms with Crippen LogP contribution in [0.2, 0.25) is 0 Å². The van der Waals surface area contributed by atoms with E-state index in [-0.39, 0.29) is 12.4 Å². The quantitative estimate of drug-likeness (QED) is 0.159. The minimum Gasteiger partial charge on any atom is -0.497 e. The topological polar surface area (TPSA) is 75.0 Å². The van der Waals surface area contributed by atoms with Crippen molar-refractivity contribution in [3.8, 4) is 11.5 Å².